The van der Waals surface area contributed by atoms with E-state index in [1.165, 1.54) is 11.8 Å². The quantitative estimate of drug-likeness (QED) is 0.913. The highest BCUT2D eigenvalue weighted by Gasteiger charge is 2.26. The maximum absolute atomic E-state index is 11.6. The van der Waals surface area contributed by atoms with Crippen molar-refractivity contribution in [1.29, 1.82) is 0 Å². The Morgan fingerprint density at radius 2 is 2.18 bits per heavy atom. The number of benzene rings is 1. The number of carbonyl (C=O) groups excluding carboxylic acids is 1. The van der Waals surface area contributed by atoms with Crippen LogP contribution in [0.5, 0.6) is 5.75 Å². The van der Waals surface area contributed by atoms with Gasteiger partial charge in [0, 0.05) is 18.8 Å². The third kappa shape index (κ3) is 3.22. The molecule has 0 fully saturated rings. The number of carbonyl (C=O) groups is 1. The van der Waals surface area contributed by atoms with E-state index in [9.17, 15) is 4.79 Å². The lowest BCUT2D eigenvalue weighted by Crippen LogP contribution is -2.35. The fourth-order valence-electron chi connectivity index (χ4n) is 2.48. The van der Waals surface area contributed by atoms with Crippen LogP contribution in [0.1, 0.15) is 5.56 Å². The molecule has 6 heteroatoms. The third-order valence-corrected chi connectivity index (χ3v) is 3.99. The molecule has 1 amide bonds. The fourth-order valence-corrected chi connectivity index (χ4v) is 2.84. The van der Waals surface area contributed by atoms with Crippen LogP contribution in [-0.4, -0.2) is 40.5 Å². The molecule has 22 heavy (non-hydrogen) atoms. The molecule has 0 saturated carbocycles. The van der Waals surface area contributed by atoms with Crippen molar-refractivity contribution < 1.29 is 9.53 Å². The second-order valence-corrected chi connectivity index (χ2v) is 5.91. The Labute approximate surface area is 133 Å². The zero-order valence-corrected chi connectivity index (χ0v) is 13.1. The summed E-state index contributed by atoms with van der Waals surface area (Å²) in [6, 6.07) is 7.79. The summed E-state index contributed by atoms with van der Waals surface area (Å²) in [6.07, 6.45) is 6.10. The van der Waals surface area contributed by atoms with Crippen LogP contribution >= 0.6 is 11.8 Å². The first-order valence-corrected chi connectivity index (χ1v) is 8.49. The van der Waals surface area contributed by atoms with Crippen LogP contribution in [0.3, 0.4) is 0 Å². The van der Waals surface area contributed by atoms with E-state index in [1.54, 1.807) is 18.5 Å². The van der Waals surface area contributed by atoms with E-state index < -0.39 is 0 Å². The second kappa shape index (κ2) is 6.79. The van der Waals surface area contributed by atoms with Crippen LogP contribution < -0.4 is 10.1 Å². The summed E-state index contributed by atoms with van der Waals surface area (Å²) in [5.74, 6) is 2.01. The molecule has 1 N–H and O–H groups in total. The van der Waals surface area contributed by atoms with Gasteiger partial charge in [-0.3, -0.25) is 4.79 Å². The van der Waals surface area contributed by atoms with Crippen molar-refractivity contribution in [3.63, 3.8) is 0 Å². The molecule has 0 radical (unpaired) electrons. The molecule has 1 atom stereocenters. The summed E-state index contributed by atoms with van der Waals surface area (Å²) < 4.78 is 6.02. The van der Waals surface area contributed by atoms with Crippen LogP contribution in [0.2, 0.25) is 0 Å². The van der Waals surface area contributed by atoms with Crippen molar-refractivity contribution in [1.82, 2.24) is 15.3 Å². The second-order valence-electron chi connectivity index (χ2n) is 5.05. The van der Waals surface area contributed by atoms with Gasteiger partial charge >= 0.3 is 0 Å². The molecule has 0 bridgehead atoms. The van der Waals surface area contributed by atoms with E-state index >= 15 is 0 Å². The molecular formula is C16H17N3O2S. The smallest absolute Gasteiger partial charge is 0.230 e. The number of nitrogens with zero attached hydrogens (tertiary/aromatic N) is 2. The number of hydrogen-bond donors (Lipinski definition) is 1. The van der Waals surface area contributed by atoms with Crippen molar-refractivity contribution in [2.75, 3.05) is 18.6 Å². The lowest BCUT2D eigenvalue weighted by Gasteiger charge is -2.12. The van der Waals surface area contributed by atoms with Gasteiger partial charge in [-0.1, -0.05) is 12.1 Å². The van der Waals surface area contributed by atoms with E-state index in [2.05, 4.69) is 15.3 Å². The Bertz CT molecular complexity index is 664. The first-order chi connectivity index (χ1) is 10.8. The van der Waals surface area contributed by atoms with Crippen LogP contribution in [0.25, 0.3) is 11.4 Å². The molecule has 3 rings (SSSR count). The van der Waals surface area contributed by atoms with Gasteiger partial charge in [-0.25, -0.2) is 9.97 Å². The monoisotopic (exact) mass is 315 g/mol. The Morgan fingerprint density at radius 1 is 1.36 bits per heavy atom. The van der Waals surface area contributed by atoms with E-state index in [0.29, 0.717) is 18.1 Å². The zero-order chi connectivity index (χ0) is 15.4. The Hall–Kier alpha value is -2.08. The van der Waals surface area contributed by atoms with E-state index in [0.717, 1.165) is 23.3 Å². The van der Waals surface area contributed by atoms with Gasteiger partial charge in [-0.05, 0) is 24.0 Å². The Kier molecular flexibility index (Phi) is 4.58. The minimum absolute atomic E-state index is 0.0364. The van der Waals surface area contributed by atoms with Crippen LogP contribution in [0, 0.1) is 0 Å². The van der Waals surface area contributed by atoms with Crippen molar-refractivity contribution in [3.8, 4) is 17.1 Å². The summed E-state index contributed by atoms with van der Waals surface area (Å²) in [4.78, 5) is 20.1. The fraction of sp³-hybridized carbons (Fsp3) is 0.312. The Balaban J connectivity index is 1.72. The predicted molar refractivity (Wildman–Crippen MR) is 87.0 cm³/mol. The molecule has 0 unspecified atom stereocenters. The SMILES string of the molecule is CSCC(=O)NC[C@@H]1Cc2cccc(-c3ncccn3)c2O1. The molecule has 1 aliphatic rings. The van der Waals surface area contributed by atoms with Gasteiger partial charge in [0.2, 0.25) is 5.91 Å². The minimum Gasteiger partial charge on any atom is -0.487 e. The van der Waals surface area contributed by atoms with Crippen molar-refractivity contribution in [3.05, 3.63) is 42.2 Å². The summed E-state index contributed by atoms with van der Waals surface area (Å²) in [5.41, 5.74) is 2.03. The van der Waals surface area contributed by atoms with E-state index in [-0.39, 0.29) is 12.0 Å². The highest BCUT2D eigenvalue weighted by atomic mass is 32.2. The maximum atomic E-state index is 11.6. The molecule has 5 nitrogen and oxygen atoms in total. The summed E-state index contributed by atoms with van der Waals surface area (Å²) >= 11 is 1.51. The first kappa shape index (κ1) is 14.8. The van der Waals surface area contributed by atoms with Gasteiger partial charge in [0.25, 0.3) is 0 Å². The molecule has 0 spiro atoms. The van der Waals surface area contributed by atoms with Gasteiger partial charge in [-0.2, -0.15) is 11.8 Å². The van der Waals surface area contributed by atoms with Crippen LogP contribution in [0.4, 0.5) is 0 Å². The molecule has 1 aromatic heterocycles. The lowest BCUT2D eigenvalue weighted by atomic mass is 10.1. The number of fused-ring (bicyclic) bond motifs is 1. The summed E-state index contributed by atoms with van der Waals surface area (Å²) in [6.45, 7) is 0.517. The molecule has 114 valence electrons. The van der Waals surface area contributed by atoms with E-state index in [1.807, 2.05) is 24.5 Å². The summed E-state index contributed by atoms with van der Waals surface area (Å²) in [5, 5.41) is 2.90. The average molecular weight is 315 g/mol. The number of nitrogens with one attached hydrogen (secondary N) is 1. The average Bonchev–Trinajstić information content (AvgIpc) is 2.97. The van der Waals surface area contributed by atoms with Crippen molar-refractivity contribution in [2.24, 2.45) is 0 Å². The van der Waals surface area contributed by atoms with E-state index in [4.69, 9.17) is 4.74 Å². The molecule has 2 heterocycles. The van der Waals surface area contributed by atoms with Crippen molar-refractivity contribution >= 4 is 17.7 Å². The zero-order valence-electron chi connectivity index (χ0n) is 12.3. The maximum Gasteiger partial charge on any atom is 0.230 e. The molecule has 2 aromatic rings. The number of amides is 1. The largest absolute Gasteiger partial charge is 0.487 e. The molecular weight excluding hydrogens is 298 g/mol. The number of rotatable bonds is 5. The van der Waals surface area contributed by atoms with Gasteiger partial charge in [-0.15, -0.1) is 0 Å². The molecule has 0 aliphatic carbocycles. The van der Waals surface area contributed by atoms with Crippen LogP contribution in [-0.2, 0) is 11.2 Å². The number of para-hydroxylation sites is 1. The lowest BCUT2D eigenvalue weighted by molar-refractivity contribution is -0.118. The normalized spacial score (nSPS) is 16.0. The third-order valence-electron chi connectivity index (χ3n) is 3.44. The number of hydrogen-bond acceptors (Lipinski definition) is 5. The van der Waals surface area contributed by atoms with Crippen molar-refractivity contribution in [2.45, 2.75) is 12.5 Å². The van der Waals surface area contributed by atoms with Gasteiger partial charge < -0.3 is 10.1 Å². The number of thioether (sulfide) groups is 1. The topological polar surface area (TPSA) is 64.1 Å². The van der Waals surface area contributed by atoms with Crippen LogP contribution in [0.15, 0.2) is 36.7 Å². The molecule has 1 aliphatic heterocycles. The molecule has 1 aromatic carbocycles. The minimum atomic E-state index is -0.0364. The summed E-state index contributed by atoms with van der Waals surface area (Å²) in [7, 11) is 0. The number of aromatic nitrogens is 2. The predicted octanol–water partition coefficient (Wildman–Crippen LogP) is 1.93. The molecule has 0 saturated heterocycles. The highest BCUT2D eigenvalue weighted by Crippen LogP contribution is 2.37. The standard InChI is InChI=1S/C16H17N3O2S/c1-22-10-14(20)19-9-12-8-11-4-2-5-13(15(11)21-12)16-17-6-3-7-18-16/h2-7,12H,8-10H2,1H3,(H,19,20)/t12-/m0/s1. The first-order valence-electron chi connectivity index (χ1n) is 7.09. The highest BCUT2D eigenvalue weighted by molar-refractivity contribution is 7.99. The Morgan fingerprint density at radius 3 is 2.95 bits per heavy atom. The van der Waals surface area contributed by atoms with Gasteiger partial charge in [0.1, 0.15) is 11.9 Å². The number of ether oxygens (including phenoxy) is 1. The van der Waals surface area contributed by atoms with Gasteiger partial charge in [0.15, 0.2) is 5.82 Å². The van der Waals surface area contributed by atoms with Gasteiger partial charge in [0.05, 0.1) is 17.9 Å².